The lowest BCUT2D eigenvalue weighted by molar-refractivity contribution is -0.140. The molecule has 112 valence electrons. The molecule has 2 N–H and O–H groups in total. The van der Waals surface area contributed by atoms with Crippen LogP contribution in [0.5, 0.6) is 0 Å². The molecule has 0 aliphatic rings. The summed E-state index contributed by atoms with van der Waals surface area (Å²) in [6.45, 7) is 3.55. The third-order valence-electron chi connectivity index (χ3n) is 3.12. The van der Waals surface area contributed by atoms with Crippen molar-refractivity contribution >= 4 is 0 Å². The number of alkyl halides is 3. The summed E-state index contributed by atoms with van der Waals surface area (Å²) in [7, 11) is 0. The van der Waals surface area contributed by atoms with E-state index in [1.165, 1.54) is 6.07 Å². The van der Waals surface area contributed by atoms with E-state index in [4.69, 9.17) is 5.73 Å². The maximum Gasteiger partial charge on any atom is 0.419 e. The van der Waals surface area contributed by atoms with E-state index in [1.807, 2.05) is 0 Å². The number of hydrogen-bond acceptors (Lipinski definition) is 2. The van der Waals surface area contributed by atoms with E-state index < -0.39 is 23.6 Å². The van der Waals surface area contributed by atoms with Crippen molar-refractivity contribution in [2.75, 3.05) is 0 Å². The summed E-state index contributed by atoms with van der Waals surface area (Å²) in [6, 6.07) is 5.44. The molecule has 0 fully saturated rings. The van der Waals surface area contributed by atoms with E-state index in [9.17, 15) is 17.6 Å². The number of aryl methyl sites for hydroxylation is 2. The number of halogens is 4. The van der Waals surface area contributed by atoms with Crippen LogP contribution in [-0.2, 0) is 6.18 Å². The zero-order valence-electron chi connectivity index (χ0n) is 11.5. The normalized spacial score (nSPS) is 13.3. The van der Waals surface area contributed by atoms with Crippen molar-refractivity contribution in [3.05, 3.63) is 64.2 Å². The molecule has 0 saturated heterocycles. The molecular formula is C15H14F4N2. The molecule has 1 heterocycles. The Morgan fingerprint density at radius 1 is 1.00 bits per heavy atom. The molecule has 1 aromatic heterocycles. The molecule has 2 rings (SSSR count). The van der Waals surface area contributed by atoms with Crippen molar-refractivity contribution < 1.29 is 17.6 Å². The first kappa shape index (κ1) is 15.4. The second-order valence-corrected chi connectivity index (χ2v) is 4.90. The van der Waals surface area contributed by atoms with Crippen LogP contribution < -0.4 is 5.73 Å². The molecular weight excluding hydrogens is 284 g/mol. The van der Waals surface area contributed by atoms with E-state index in [0.717, 1.165) is 23.5 Å². The molecule has 0 saturated carbocycles. The Morgan fingerprint density at radius 3 is 2.10 bits per heavy atom. The fourth-order valence-electron chi connectivity index (χ4n) is 2.19. The minimum absolute atomic E-state index is 0.203. The molecule has 2 aromatic rings. The SMILES string of the molecule is Cc1cc(C(N)c2ccc(F)c(C(F)(F)F)c2)cc(C)n1. The van der Waals surface area contributed by atoms with Crippen LogP contribution >= 0.6 is 0 Å². The number of rotatable bonds is 2. The van der Waals surface area contributed by atoms with Crippen LogP contribution in [-0.4, -0.2) is 4.98 Å². The van der Waals surface area contributed by atoms with Gasteiger partial charge < -0.3 is 5.73 Å². The number of nitrogens with two attached hydrogens (primary N) is 1. The molecule has 6 heteroatoms. The van der Waals surface area contributed by atoms with Gasteiger partial charge in [-0.05, 0) is 49.2 Å². The topological polar surface area (TPSA) is 38.9 Å². The third-order valence-corrected chi connectivity index (χ3v) is 3.12. The van der Waals surface area contributed by atoms with E-state index in [1.54, 1.807) is 26.0 Å². The molecule has 21 heavy (non-hydrogen) atoms. The van der Waals surface area contributed by atoms with E-state index in [-0.39, 0.29) is 5.56 Å². The number of hydrogen-bond donors (Lipinski definition) is 1. The molecule has 0 spiro atoms. The molecule has 2 nitrogen and oxygen atoms in total. The van der Waals surface area contributed by atoms with Crippen molar-refractivity contribution in [1.82, 2.24) is 4.98 Å². The van der Waals surface area contributed by atoms with Gasteiger partial charge in [0, 0.05) is 11.4 Å². The van der Waals surface area contributed by atoms with E-state index >= 15 is 0 Å². The summed E-state index contributed by atoms with van der Waals surface area (Å²) in [5.74, 6) is -1.31. The first-order valence-electron chi connectivity index (χ1n) is 6.26. The Bertz CT molecular complexity index is 645. The average Bonchev–Trinajstić information content (AvgIpc) is 2.36. The summed E-state index contributed by atoms with van der Waals surface area (Å²) < 4.78 is 51.5. The van der Waals surface area contributed by atoms with Gasteiger partial charge in [-0.1, -0.05) is 6.07 Å². The van der Waals surface area contributed by atoms with Crippen molar-refractivity contribution in [3.63, 3.8) is 0 Å². The largest absolute Gasteiger partial charge is 0.419 e. The third kappa shape index (κ3) is 3.39. The molecule has 1 atom stereocenters. The average molecular weight is 298 g/mol. The van der Waals surface area contributed by atoms with Gasteiger partial charge in [0.1, 0.15) is 5.82 Å². The quantitative estimate of drug-likeness (QED) is 0.854. The van der Waals surface area contributed by atoms with Gasteiger partial charge in [0.05, 0.1) is 11.6 Å². The Hall–Kier alpha value is -1.95. The predicted octanol–water partition coefficient (Wildman–Crippen LogP) is 3.90. The fraction of sp³-hybridized carbons (Fsp3) is 0.267. The van der Waals surface area contributed by atoms with Crippen molar-refractivity contribution in [2.45, 2.75) is 26.1 Å². The van der Waals surface area contributed by atoms with Crippen LogP contribution in [0, 0.1) is 19.7 Å². The lowest BCUT2D eigenvalue weighted by Crippen LogP contribution is -2.15. The van der Waals surface area contributed by atoms with Gasteiger partial charge >= 0.3 is 6.18 Å². The molecule has 0 bridgehead atoms. The highest BCUT2D eigenvalue weighted by Gasteiger charge is 2.34. The van der Waals surface area contributed by atoms with Crippen LogP contribution in [0.25, 0.3) is 0 Å². The molecule has 0 aliphatic heterocycles. The summed E-state index contributed by atoms with van der Waals surface area (Å²) in [4.78, 5) is 4.19. The Balaban J connectivity index is 2.46. The van der Waals surface area contributed by atoms with Crippen molar-refractivity contribution in [2.24, 2.45) is 5.73 Å². The van der Waals surface area contributed by atoms with E-state index in [0.29, 0.717) is 5.56 Å². The summed E-state index contributed by atoms with van der Waals surface area (Å²) in [6.07, 6.45) is -4.75. The Labute approximate surface area is 119 Å². The second kappa shape index (κ2) is 5.44. The van der Waals surface area contributed by atoms with Crippen molar-refractivity contribution in [1.29, 1.82) is 0 Å². The van der Waals surface area contributed by atoms with Gasteiger partial charge in [0.25, 0.3) is 0 Å². The minimum Gasteiger partial charge on any atom is -0.320 e. The molecule has 0 amide bonds. The van der Waals surface area contributed by atoms with Crippen LogP contribution in [0.1, 0.15) is 34.1 Å². The molecule has 1 aromatic carbocycles. The maximum absolute atomic E-state index is 13.3. The zero-order chi connectivity index (χ0) is 15.8. The van der Waals surface area contributed by atoms with Gasteiger partial charge in [-0.15, -0.1) is 0 Å². The van der Waals surface area contributed by atoms with Gasteiger partial charge in [0.2, 0.25) is 0 Å². The monoisotopic (exact) mass is 298 g/mol. The molecule has 0 aliphatic carbocycles. The Morgan fingerprint density at radius 2 is 1.57 bits per heavy atom. The van der Waals surface area contributed by atoms with Gasteiger partial charge in [0.15, 0.2) is 0 Å². The van der Waals surface area contributed by atoms with Crippen LogP contribution in [0.4, 0.5) is 17.6 Å². The maximum atomic E-state index is 13.3. The number of aromatic nitrogens is 1. The van der Waals surface area contributed by atoms with Gasteiger partial charge in [-0.2, -0.15) is 13.2 Å². The minimum atomic E-state index is -4.75. The highest BCUT2D eigenvalue weighted by atomic mass is 19.4. The van der Waals surface area contributed by atoms with Crippen LogP contribution in [0.2, 0.25) is 0 Å². The standard InChI is InChI=1S/C15H14F4N2/c1-8-5-11(6-9(2)21-8)14(20)10-3-4-13(16)12(7-10)15(17,18)19/h3-7,14H,20H2,1-2H3. The smallest absolute Gasteiger partial charge is 0.320 e. The molecule has 1 unspecified atom stereocenters. The first-order chi connectivity index (χ1) is 9.68. The summed E-state index contributed by atoms with van der Waals surface area (Å²) >= 11 is 0. The highest BCUT2D eigenvalue weighted by molar-refractivity contribution is 5.36. The second-order valence-electron chi connectivity index (χ2n) is 4.90. The van der Waals surface area contributed by atoms with E-state index in [2.05, 4.69) is 4.98 Å². The first-order valence-corrected chi connectivity index (χ1v) is 6.26. The number of nitrogens with zero attached hydrogens (tertiary/aromatic N) is 1. The van der Waals surface area contributed by atoms with Crippen LogP contribution in [0.3, 0.4) is 0 Å². The lowest BCUT2D eigenvalue weighted by atomic mass is 9.97. The fourth-order valence-corrected chi connectivity index (χ4v) is 2.19. The summed E-state index contributed by atoms with van der Waals surface area (Å²) in [5.41, 5.74) is 6.97. The molecule has 0 radical (unpaired) electrons. The van der Waals surface area contributed by atoms with Crippen molar-refractivity contribution in [3.8, 4) is 0 Å². The zero-order valence-corrected chi connectivity index (χ0v) is 11.5. The Kier molecular flexibility index (Phi) is 4.00. The van der Waals surface area contributed by atoms with Gasteiger partial charge in [-0.3, -0.25) is 4.98 Å². The summed E-state index contributed by atoms with van der Waals surface area (Å²) in [5, 5.41) is 0. The highest BCUT2D eigenvalue weighted by Crippen LogP contribution is 2.33. The number of benzene rings is 1. The van der Waals surface area contributed by atoms with Gasteiger partial charge in [-0.25, -0.2) is 4.39 Å². The number of pyridine rings is 1. The van der Waals surface area contributed by atoms with Crippen LogP contribution in [0.15, 0.2) is 30.3 Å². The lowest BCUT2D eigenvalue weighted by Gasteiger charge is -2.16. The predicted molar refractivity (Wildman–Crippen MR) is 71.1 cm³/mol.